The maximum atomic E-state index is 15.2. The van der Waals surface area contributed by atoms with E-state index in [0.29, 0.717) is 11.4 Å². The standard InChI is InChI=1S/C13H14Cl2FN3O/c1-2-5-13(16,19-7-6-17-18-19)12(20)10-4-3-9(14)8-11(10)15/h3-4,6-8,12,20H,2,5H2,1H3. The lowest BCUT2D eigenvalue weighted by Crippen LogP contribution is -2.36. The number of alkyl halides is 1. The van der Waals surface area contributed by atoms with Gasteiger partial charge in [-0.1, -0.05) is 47.8 Å². The normalized spacial score (nSPS) is 15.8. The summed E-state index contributed by atoms with van der Waals surface area (Å²) in [7, 11) is 0. The van der Waals surface area contributed by atoms with Crippen LogP contribution in [-0.2, 0) is 5.79 Å². The molecule has 1 aromatic carbocycles. The first-order valence-corrected chi connectivity index (χ1v) is 6.93. The molecule has 0 bridgehead atoms. The summed E-state index contributed by atoms with van der Waals surface area (Å²) in [5, 5.41) is 18.3. The molecule has 0 amide bonds. The topological polar surface area (TPSA) is 50.9 Å². The van der Waals surface area contributed by atoms with Crippen LogP contribution in [0.5, 0.6) is 0 Å². The highest BCUT2D eigenvalue weighted by atomic mass is 35.5. The van der Waals surface area contributed by atoms with Gasteiger partial charge in [0.15, 0.2) is 0 Å². The van der Waals surface area contributed by atoms with Gasteiger partial charge in [0.2, 0.25) is 5.79 Å². The molecule has 0 aliphatic rings. The number of rotatable bonds is 5. The quantitative estimate of drug-likeness (QED) is 0.913. The molecule has 2 aromatic rings. The Bertz CT molecular complexity index is 579. The van der Waals surface area contributed by atoms with E-state index in [1.807, 2.05) is 6.92 Å². The highest BCUT2D eigenvalue weighted by Crippen LogP contribution is 2.40. The minimum Gasteiger partial charge on any atom is -0.383 e. The highest BCUT2D eigenvalue weighted by molar-refractivity contribution is 6.35. The van der Waals surface area contributed by atoms with Crippen molar-refractivity contribution in [1.29, 1.82) is 0 Å². The first-order valence-electron chi connectivity index (χ1n) is 6.17. The maximum absolute atomic E-state index is 15.2. The fourth-order valence-corrected chi connectivity index (χ4v) is 2.61. The van der Waals surface area contributed by atoms with E-state index in [4.69, 9.17) is 23.2 Å². The summed E-state index contributed by atoms with van der Waals surface area (Å²) in [6.07, 6.45) is 1.88. The molecule has 0 saturated heterocycles. The van der Waals surface area contributed by atoms with Crippen LogP contribution in [0, 0.1) is 0 Å². The Morgan fingerprint density at radius 1 is 1.45 bits per heavy atom. The van der Waals surface area contributed by atoms with E-state index in [9.17, 15) is 5.11 Å². The van der Waals surface area contributed by atoms with Crippen molar-refractivity contribution in [3.05, 3.63) is 46.2 Å². The SMILES string of the molecule is CCCC(F)(C(O)c1ccc(Cl)cc1Cl)n1ccnn1. The lowest BCUT2D eigenvalue weighted by Gasteiger charge is -2.30. The third kappa shape index (κ3) is 2.80. The molecule has 2 rings (SSSR count). The van der Waals surface area contributed by atoms with Crippen molar-refractivity contribution in [2.75, 3.05) is 0 Å². The number of hydrogen-bond acceptors (Lipinski definition) is 3. The van der Waals surface area contributed by atoms with Crippen LogP contribution in [0.3, 0.4) is 0 Å². The van der Waals surface area contributed by atoms with Gasteiger partial charge < -0.3 is 5.11 Å². The summed E-state index contributed by atoms with van der Waals surface area (Å²) in [6.45, 7) is 1.82. The van der Waals surface area contributed by atoms with Gasteiger partial charge in [0.05, 0.1) is 6.20 Å². The van der Waals surface area contributed by atoms with Gasteiger partial charge in [-0.3, -0.25) is 0 Å². The van der Waals surface area contributed by atoms with Crippen LogP contribution in [-0.4, -0.2) is 20.1 Å². The first kappa shape index (κ1) is 15.2. The van der Waals surface area contributed by atoms with E-state index in [1.54, 1.807) is 6.07 Å². The molecule has 0 aliphatic heterocycles. The number of benzene rings is 1. The Morgan fingerprint density at radius 3 is 2.75 bits per heavy atom. The molecule has 1 heterocycles. The minimum absolute atomic E-state index is 0.0798. The van der Waals surface area contributed by atoms with Crippen LogP contribution >= 0.6 is 23.2 Å². The summed E-state index contributed by atoms with van der Waals surface area (Å²) < 4.78 is 16.3. The second-order valence-electron chi connectivity index (χ2n) is 4.48. The second-order valence-corrected chi connectivity index (χ2v) is 5.33. The Hall–Kier alpha value is -1.17. The number of hydrogen-bond donors (Lipinski definition) is 1. The summed E-state index contributed by atoms with van der Waals surface area (Å²) in [4.78, 5) is 0. The molecule has 2 atom stereocenters. The molecular formula is C13H14Cl2FN3O. The maximum Gasteiger partial charge on any atom is 0.233 e. The fraction of sp³-hybridized carbons (Fsp3) is 0.385. The average molecular weight is 318 g/mol. The van der Waals surface area contributed by atoms with Crippen LogP contribution < -0.4 is 0 Å². The predicted molar refractivity (Wildman–Crippen MR) is 75.4 cm³/mol. The van der Waals surface area contributed by atoms with Crippen molar-refractivity contribution in [3.8, 4) is 0 Å². The van der Waals surface area contributed by atoms with Crippen molar-refractivity contribution >= 4 is 23.2 Å². The number of nitrogens with zero attached hydrogens (tertiary/aromatic N) is 3. The molecule has 7 heteroatoms. The Balaban J connectivity index is 2.43. The zero-order valence-corrected chi connectivity index (χ0v) is 12.3. The molecule has 0 radical (unpaired) electrons. The van der Waals surface area contributed by atoms with E-state index in [-0.39, 0.29) is 17.0 Å². The van der Waals surface area contributed by atoms with Gasteiger partial charge in [0, 0.05) is 28.2 Å². The molecule has 1 N–H and O–H groups in total. The lowest BCUT2D eigenvalue weighted by atomic mass is 9.96. The zero-order chi connectivity index (χ0) is 14.8. The first-order chi connectivity index (χ1) is 9.49. The largest absolute Gasteiger partial charge is 0.383 e. The zero-order valence-electron chi connectivity index (χ0n) is 10.8. The van der Waals surface area contributed by atoms with E-state index in [1.165, 1.54) is 24.5 Å². The van der Waals surface area contributed by atoms with Gasteiger partial charge in [0.1, 0.15) is 6.10 Å². The summed E-state index contributed by atoms with van der Waals surface area (Å²) >= 11 is 11.8. The molecule has 108 valence electrons. The second kappa shape index (κ2) is 6.08. The molecule has 0 fully saturated rings. The fourth-order valence-electron chi connectivity index (χ4n) is 2.10. The van der Waals surface area contributed by atoms with Gasteiger partial charge in [0.25, 0.3) is 0 Å². The number of aliphatic hydroxyl groups is 1. The molecule has 1 aromatic heterocycles. The summed E-state index contributed by atoms with van der Waals surface area (Å²) in [5.74, 6) is -2.11. The number of aliphatic hydroxyl groups excluding tert-OH is 1. The predicted octanol–water partition coefficient (Wildman–Crippen LogP) is 3.74. The monoisotopic (exact) mass is 317 g/mol. The van der Waals surface area contributed by atoms with Crippen LogP contribution in [0.2, 0.25) is 10.0 Å². The van der Waals surface area contributed by atoms with Gasteiger partial charge in [-0.15, -0.1) is 5.10 Å². The van der Waals surface area contributed by atoms with Crippen LogP contribution in [0.4, 0.5) is 4.39 Å². The molecule has 0 spiro atoms. The van der Waals surface area contributed by atoms with E-state index in [0.717, 1.165) is 4.68 Å². The van der Waals surface area contributed by atoms with E-state index < -0.39 is 11.9 Å². The third-order valence-electron chi connectivity index (χ3n) is 3.08. The smallest absolute Gasteiger partial charge is 0.233 e. The van der Waals surface area contributed by atoms with Crippen LogP contribution in [0.15, 0.2) is 30.6 Å². The number of aromatic nitrogens is 3. The Kier molecular flexibility index (Phi) is 4.62. The van der Waals surface area contributed by atoms with Crippen LogP contribution in [0.1, 0.15) is 31.4 Å². The van der Waals surface area contributed by atoms with Gasteiger partial charge >= 0.3 is 0 Å². The van der Waals surface area contributed by atoms with Gasteiger partial charge in [-0.05, 0) is 12.1 Å². The van der Waals surface area contributed by atoms with Crippen molar-refractivity contribution < 1.29 is 9.50 Å². The third-order valence-corrected chi connectivity index (χ3v) is 3.64. The van der Waals surface area contributed by atoms with Crippen molar-refractivity contribution in [3.63, 3.8) is 0 Å². The van der Waals surface area contributed by atoms with E-state index in [2.05, 4.69) is 10.3 Å². The molecule has 2 unspecified atom stereocenters. The average Bonchev–Trinajstić information content (AvgIpc) is 2.92. The Labute approximate surface area is 126 Å². The van der Waals surface area contributed by atoms with E-state index >= 15 is 4.39 Å². The van der Waals surface area contributed by atoms with Crippen molar-refractivity contribution in [2.45, 2.75) is 31.7 Å². The molecular weight excluding hydrogens is 304 g/mol. The summed E-state index contributed by atoms with van der Waals surface area (Å²) in [5.41, 5.74) is 0.266. The summed E-state index contributed by atoms with van der Waals surface area (Å²) in [6, 6.07) is 4.53. The Morgan fingerprint density at radius 2 is 2.20 bits per heavy atom. The lowest BCUT2D eigenvalue weighted by molar-refractivity contribution is -0.0874. The molecule has 0 aliphatic carbocycles. The highest BCUT2D eigenvalue weighted by Gasteiger charge is 2.42. The molecule has 4 nitrogen and oxygen atoms in total. The van der Waals surface area contributed by atoms with Gasteiger partial charge in [-0.2, -0.15) is 0 Å². The minimum atomic E-state index is -2.11. The molecule has 20 heavy (non-hydrogen) atoms. The van der Waals surface area contributed by atoms with Gasteiger partial charge in [-0.25, -0.2) is 9.07 Å². The number of halogens is 3. The van der Waals surface area contributed by atoms with Crippen molar-refractivity contribution in [2.24, 2.45) is 0 Å². The van der Waals surface area contributed by atoms with Crippen LogP contribution in [0.25, 0.3) is 0 Å². The van der Waals surface area contributed by atoms with Crippen molar-refractivity contribution in [1.82, 2.24) is 15.0 Å². The molecule has 0 saturated carbocycles.